The van der Waals surface area contributed by atoms with E-state index in [0.29, 0.717) is 57.4 Å². The fourth-order valence-corrected chi connectivity index (χ4v) is 3.61. The number of unbranched alkanes of at least 4 members (excludes halogenated alkanes) is 5. The third kappa shape index (κ3) is 10.7. The molecule has 1 heterocycles. The third-order valence-electron chi connectivity index (χ3n) is 5.60. The van der Waals surface area contributed by atoms with Gasteiger partial charge >= 0.3 is 0 Å². The Morgan fingerprint density at radius 3 is 2.61 bits per heavy atom. The van der Waals surface area contributed by atoms with Crippen molar-refractivity contribution in [3.63, 3.8) is 0 Å². The molecular weight excluding hydrogens is 420 g/mol. The minimum atomic E-state index is -0.0853. The molecule has 2 rings (SSSR count). The van der Waals surface area contributed by atoms with Crippen LogP contribution in [0.3, 0.4) is 0 Å². The summed E-state index contributed by atoms with van der Waals surface area (Å²) in [5, 5.41) is 2.91. The number of hydrogen-bond donors (Lipinski definition) is 1. The van der Waals surface area contributed by atoms with Gasteiger partial charge in [0.05, 0.1) is 26.9 Å². The molecule has 1 aliphatic heterocycles. The molecule has 1 fully saturated rings. The Morgan fingerprint density at radius 1 is 1.06 bits per heavy atom. The number of amides is 2. The summed E-state index contributed by atoms with van der Waals surface area (Å²) in [6.07, 6.45) is 11.1. The summed E-state index contributed by atoms with van der Waals surface area (Å²) in [5.74, 6) is 1.45. The molecule has 1 saturated heterocycles. The minimum Gasteiger partial charge on any atom is -0.493 e. The molecule has 0 atom stereocenters. The lowest BCUT2D eigenvalue weighted by atomic mass is 10.1. The predicted molar refractivity (Wildman–Crippen MR) is 131 cm³/mol. The van der Waals surface area contributed by atoms with Gasteiger partial charge in [0.15, 0.2) is 11.5 Å². The molecule has 2 amide bonds. The van der Waals surface area contributed by atoms with E-state index < -0.39 is 0 Å². The van der Waals surface area contributed by atoms with Crippen molar-refractivity contribution >= 4 is 17.9 Å². The van der Waals surface area contributed by atoms with E-state index in [0.717, 1.165) is 37.7 Å². The Morgan fingerprint density at radius 2 is 1.85 bits per heavy atom. The normalized spacial score (nSPS) is 13.8. The molecule has 0 bridgehead atoms. The molecule has 0 aliphatic carbocycles. The van der Waals surface area contributed by atoms with Crippen LogP contribution in [0, 0.1) is 0 Å². The molecule has 0 saturated carbocycles. The number of morpholine rings is 1. The Balaban J connectivity index is 1.66. The molecule has 0 aromatic heterocycles. The maximum Gasteiger partial charge on any atom is 0.243 e. The van der Waals surface area contributed by atoms with Gasteiger partial charge in [0.1, 0.15) is 0 Å². The quantitative estimate of drug-likeness (QED) is 0.314. The van der Waals surface area contributed by atoms with Crippen LogP contribution >= 0.6 is 0 Å². The standard InChI is InChI=1S/C26H40N2O5/c1-3-4-5-8-15-27-25(29)14-12-22-11-13-23(24(21-22)31-2)33-18-9-6-7-10-26(30)28-16-19-32-20-17-28/h11-14,21H,3-10,15-20H2,1-2H3,(H,27,29)/b14-12+. The van der Waals surface area contributed by atoms with Gasteiger partial charge in [-0.25, -0.2) is 0 Å². The van der Waals surface area contributed by atoms with Crippen molar-refractivity contribution in [2.24, 2.45) is 0 Å². The van der Waals surface area contributed by atoms with Crippen LogP contribution in [0.25, 0.3) is 6.08 Å². The Labute approximate surface area is 198 Å². The van der Waals surface area contributed by atoms with Crippen molar-refractivity contribution in [2.45, 2.75) is 58.3 Å². The maximum atomic E-state index is 12.1. The van der Waals surface area contributed by atoms with E-state index in [2.05, 4.69) is 12.2 Å². The molecule has 7 nitrogen and oxygen atoms in total. The molecule has 0 spiro atoms. The van der Waals surface area contributed by atoms with Gasteiger partial charge in [-0.1, -0.05) is 32.3 Å². The summed E-state index contributed by atoms with van der Waals surface area (Å²) in [7, 11) is 1.61. The van der Waals surface area contributed by atoms with Gasteiger partial charge in [0, 0.05) is 32.1 Å². The molecule has 0 radical (unpaired) electrons. The van der Waals surface area contributed by atoms with Crippen LogP contribution in [0.15, 0.2) is 24.3 Å². The summed E-state index contributed by atoms with van der Waals surface area (Å²) in [6, 6.07) is 5.63. The zero-order valence-electron chi connectivity index (χ0n) is 20.3. The Bertz CT molecular complexity index is 744. The van der Waals surface area contributed by atoms with Crippen LogP contribution in [0.4, 0.5) is 0 Å². The highest BCUT2D eigenvalue weighted by Gasteiger charge is 2.15. The fourth-order valence-electron chi connectivity index (χ4n) is 3.61. The predicted octanol–water partition coefficient (Wildman–Crippen LogP) is 4.20. The summed E-state index contributed by atoms with van der Waals surface area (Å²) in [5.41, 5.74) is 0.877. The Hall–Kier alpha value is -2.54. The monoisotopic (exact) mass is 460 g/mol. The van der Waals surface area contributed by atoms with Gasteiger partial charge in [0.2, 0.25) is 11.8 Å². The van der Waals surface area contributed by atoms with Gasteiger partial charge in [-0.05, 0) is 49.5 Å². The number of rotatable bonds is 15. The van der Waals surface area contributed by atoms with Crippen LogP contribution in [0.5, 0.6) is 11.5 Å². The van der Waals surface area contributed by atoms with Crippen molar-refractivity contribution < 1.29 is 23.8 Å². The number of hydrogen-bond acceptors (Lipinski definition) is 5. The minimum absolute atomic E-state index is 0.0853. The van der Waals surface area contributed by atoms with E-state index in [9.17, 15) is 9.59 Å². The number of nitrogens with one attached hydrogen (secondary N) is 1. The summed E-state index contributed by atoms with van der Waals surface area (Å²) in [6.45, 7) is 6.14. The summed E-state index contributed by atoms with van der Waals surface area (Å²) >= 11 is 0. The van der Waals surface area contributed by atoms with Crippen LogP contribution in [-0.2, 0) is 14.3 Å². The maximum absolute atomic E-state index is 12.1. The lowest BCUT2D eigenvalue weighted by Gasteiger charge is -2.26. The first kappa shape index (κ1) is 26.7. The van der Waals surface area contributed by atoms with Crippen LogP contribution < -0.4 is 14.8 Å². The van der Waals surface area contributed by atoms with Crippen molar-refractivity contribution in [3.05, 3.63) is 29.8 Å². The van der Waals surface area contributed by atoms with Gasteiger partial charge in [0.25, 0.3) is 0 Å². The van der Waals surface area contributed by atoms with E-state index >= 15 is 0 Å². The number of carbonyl (C=O) groups excluding carboxylic acids is 2. The smallest absolute Gasteiger partial charge is 0.243 e. The van der Waals surface area contributed by atoms with Gasteiger partial charge < -0.3 is 24.4 Å². The largest absolute Gasteiger partial charge is 0.493 e. The van der Waals surface area contributed by atoms with E-state index in [4.69, 9.17) is 14.2 Å². The molecule has 7 heteroatoms. The van der Waals surface area contributed by atoms with E-state index in [1.165, 1.54) is 12.8 Å². The number of carbonyl (C=O) groups is 2. The van der Waals surface area contributed by atoms with Gasteiger partial charge in [-0.15, -0.1) is 0 Å². The van der Waals surface area contributed by atoms with E-state index in [-0.39, 0.29) is 11.8 Å². The molecule has 1 aromatic rings. The first-order valence-electron chi connectivity index (χ1n) is 12.3. The molecule has 184 valence electrons. The SMILES string of the molecule is CCCCCCNC(=O)/C=C/c1ccc(OCCCCCC(=O)N2CCOCC2)c(OC)c1. The van der Waals surface area contributed by atoms with Crippen molar-refractivity contribution in [1.29, 1.82) is 0 Å². The fraction of sp³-hybridized carbons (Fsp3) is 0.615. The summed E-state index contributed by atoms with van der Waals surface area (Å²) in [4.78, 5) is 26.0. The molecule has 1 aromatic carbocycles. The Kier molecular flexibility index (Phi) is 13.1. The lowest BCUT2D eigenvalue weighted by Crippen LogP contribution is -2.40. The van der Waals surface area contributed by atoms with Gasteiger partial charge in [-0.2, -0.15) is 0 Å². The van der Waals surface area contributed by atoms with Crippen LogP contribution in [0.1, 0.15) is 63.9 Å². The highest BCUT2D eigenvalue weighted by atomic mass is 16.5. The zero-order chi connectivity index (χ0) is 23.7. The second kappa shape index (κ2) is 16.1. The molecule has 1 N–H and O–H groups in total. The first-order chi connectivity index (χ1) is 16.1. The number of nitrogens with zero attached hydrogens (tertiary/aromatic N) is 1. The van der Waals surface area contributed by atoms with Crippen LogP contribution in [0.2, 0.25) is 0 Å². The summed E-state index contributed by atoms with van der Waals surface area (Å²) < 4.78 is 16.6. The second-order valence-electron chi connectivity index (χ2n) is 8.25. The van der Waals surface area contributed by atoms with Crippen molar-refractivity contribution in [2.75, 3.05) is 46.6 Å². The number of methoxy groups -OCH3 is 1. The zero-order valence-corrected chi connectivity index (χ0v) is 20.3. The van der Waals surface area contributed by atoms with E-state index in [1.54, 1.807) is 19.3 Å². The number of ether oxygens (including phenoxy) is 3. The highest BCUT2D eigenvalue weighted by molar-refractivity contribution is 5.91. The lowest BCUT2D eigenvalue weighted by molar-refractivity contribution is -0.135. The molecular formula is C26H40N2O5. The van der Waals surface area contributed by atoms with E-state index in [1.807, 2.05) is 23.1 Å². The average molecular weight is 461 g/mol. The van der Waals surface area contributed by atoms with Crippen molar-refractivity contribution in [3.8, 4) is 11.5 Å². The van der Waals surface area contributed by atoms with Crippen LogP contribution in [-0.4, -0.2) is 63.3 Å². The second-order valence-corrected chi connectivity index (χ2v) is 8.25. The van der Waals surface area contributed by atoms with Gasteiger partial charge in [-0.3, -0.25) is 9.59 Å². The molecule has 33 heavy (non-hydrogen) atoms. The topological polar surface area (TPSA) is 77.1 Å². The first-order valence-corrected chi connectivity index (χ1v) is 12.3. The number of benzene rings is 1. The molecule has 1 aliphatic rings. The van der Waals surface area contributed by atoms with Crippen molar-refractivity contribution in [1.82, 2.24) is 10.2 Å². The highest BCUT2D eigenvalue weighted by Crippen LogP contribution is 2.28. The molecule has 0 unspecified atom stereocenters. The third-order valence-corrected chi connectivity index (χ3v) is 5.60. The average Bonchev–Trinajstić information content (AvgIpc) is 2.85.